The summed E-state index contributed by atoms with van der Waals surface area (Å²) >= 11 is 1.45. The molecule has 4 aromatic rings. The van der Waals surface area contributed by atoms with Gasteiger partial charge in [-0.3, -0.25) is 24.6 Å². The summed E-state index contributed by atoms with van der Waals surface area (Å²) in [4.78, 5) is 27.1. The number of nitrogens with zero attached hydrogens (tertiary/aromatic N) is 5. The first kappa shape index (κ1) is 20.2. The van der Waals surface area contributed by atoms with Crippen molar-refractivity contribution in [3.63, 3.8) is 0 Å². The maximum absolute atomic E-state index is 13.0. The van der Waals surface area contributed by atoms with Crippen molar-refractivity contribution >= 4 is 39.6 Å². The van der Waals surface area contributed by atoms with Gasteiger partial charge in [0.05, 0.1) is 9.85 Å². The van der Waals surface area contributed by atoms with Crippen molar-refractivity contribution in [3.8, 4) is 11.3 Å². The van der Waals surface area contributed by atoms with E-state index in [4.69, 9.17) is 0 Å². The molecular formula is C20H15N5O5S. The minimum absolute atomic E-state index is 0.313. The van der Waals surface area contributed by atoms with Crippen LogP contribution in [0.5, 0.6) is 0 Å². The lowest BCUT2D eigenvalue weighted by Gasteiger charge is -2.05. The van der Waals surface area contributed by atoms with Gasteiger partial charge in [-0.1, -0.05) is 29.8 Å². The normalized spacial score (nSPS) is 11.7. The molecular weight excluding hydrogens is 422 g/mol. The van der Waals surface area contributed by atoms with Gasteiger partial charge in [0.1, 0.15) is 17.5 Å². The number of hydrogen-bond acceptors (Lipinski definition) is 7. The van der Waals surface area contributed by atoms with E-state index in [1.807, 2.05) is 44.3 Å². The maximum atomic E-state index is 13.0. The fourth-order valence-corrected chi connectivity index (χ4v) is 3.99. The van der Waals surface area contributed by atoms with Crippen LogP contribution in [-0.4, -0.2) is 30.2 Å². The Balaban J connectivity index is 1.91. The lowest BCUT2D eigenvalue weighted by molar-refractivity contribution is -0.413. The number of imidazole rings is 1. The fraction of sp³-hybridized carbons (Fsp3) is 0.100. The molecule has 0 atom stereocenters. The number of aryl methyl sites for hydroxylation is 2. The van der Waals surface area contributed by atoms with E-state index in [0.29, 0.717) is 21.1 Å². The second-order valence-electron chi connectivity index (χ2n) is 6.85. The van der Waals surface area contributed by atoms with Crippen molar-refractivity contribution in [2.45, 2.75) is 13.8 Å². The number of hydrogen-bond donors (Lipinski definition) is 0. The molecule has 0 saturated carbocycles. The van der Waals surface area contributed by atoms with Crippen molar-refractivity contribution in [3.05, 3.63) is 90.2 Å². The molecule has 0 fully saturated rings. The van der Waals surface area contributed by atoms with Gasteiger partial charge in [-0.05, 0) is 13.8 Å². The molecule has 2 aromatic heterocycles. The van der Waals surface area contributed by atoms with Crippen LogP contribution in [0, 0.1) is 39.3 Å². The standard InChI is InChI=1S/C20H15N5O5S/c1-12-3-5-14(6-4-12)19-18(22-10-13(2)31-20(22)21-19)11-23(26)16-8-7-15(24(27)28)9-17(16)25(29)30/h3-11H,1-2H3/b23-11+. The Morgan fingerprint density at radius 2 is 1.68 bits per heavy atom. The third-order valence-corrected chi connectivity index (χ3v) is 5.55. The average Bonchev–Trinajstić information content (AvgIpc) is 3.24. The number of benzene rings is 2. The summed E-state index contributed by atoms with van der Waals surface area (Å²) in [5, 5.41) is 35.3. The third kappa shape index (κ3) is 3.73. The molecule has 0 saturated heterocycles. The highest BCUT2D eigenvalue weighted by atomic mass is 32.1. The lowest BCUT2D eigenvalue weighted by atomic mass is 10.1. The van der Waals surface area contributed by atoms with Gasteiger partial charge in [0.25, 0.3) is 11.4 Å². The van der Waals surface area contributed by atoms with Gasteiger partial charge < -0.3 is 5.21 Å². The Labute approximate surface area is 179 Å². The van der Waals surface area contributed by atoms with Gasteiger partial charge in [0, 0.05) is 28.8 Å². The molecule has 4 rings (SSSR count). The predicted molar refractivity (Wildman–Crippen MR) is 116 cm³/mol. The highest BCUT2D eigenvalue weighted by molar-refractivity contribution is 7.17. The Morgan fingerprint density at radius 3 is 2.32 bits per heavy atom. The number of non-ortho nitro benzene ring substituents is 1. The van der Waals surface area contributed by atoms with Crippen molar-refractivity contribution < 1.29 is 14.6 Å². The van der Waals surface area contributed by atoms with Crippen LogP contribution in [0.3, 0.4) is 0 Å². The molecule has 0 aliphatic carbocycles. The summed E-state index contributed by atoms with van der Waals surface area (Å²) in [6.45, 7) is 3.86. The zero-order chi connectivity index (χ0) is 22.3. The molecule has 10 nitrogen and oxygen atoms in total. The maximum Gasteiger partial charge on any atom is 0.348 e. The molecule has 11 heteroatoms. The van der Waals surface area contributed by atoms with E-state index < -0.39 is 21.2 Å². The molecule has 0 spiro atoms. The smallest absolute Gasteiger partial charge is 0.348 e. The van der Waals surface area contributed by atoms with Gasteiger partial charge in [-0.15, -0.1) is 11.3 Å². The average molecular weight is 437 g/mol. The first-order valence-electron chi connectivity index (χ1n) is 9.04. The molecule has 0 amide bonds. The number of thiazole rings is 1. The van der Waals surface area contributed by atoms with E-state index in [1.54, 1.807) is 4.40 Å². The van der Waals surface area contributed by atoms with E-state index in [1.165, 1.54) is 17.6 Å². The molecule has 0 radical (unpaired) electrons. The Kier molecular flexibility index (Phi) is 4.95. The van der Waals surface area contributed by atoms with Gasteiger partial charge >= 0.3 is 5.69 Å². The van der Waals surface area contributed by atoms with Gasteiger partial charge in [-0.2, -0.15) is 4.74 Å². The molecule has 2 heterocycles. The molecule has 156 valence electrons. The van der Waals surface area contributed by atoms with Crippen LogP contribution >= 0.6 is 11.3 Å². The van der Waals surface area contributed by atoms with Crippen LogP contribution in [0.2, 0.25) is 0 Å². The first-order valence-corrected chi connectivity index (χ1v) is 9.86. The molecule has 0 bridgehead atoms. The van der Waals surface area contributed by atoms with E-state index in [2.05, 4.69) is 4.98 Å². The minimum Gasteiger partial charge on any atom is -0.618 e. The zero-order valence-electron chi connectivity index (χ0n) is 16.4. The summed E-state index contributed by atoms with van der Waals surface area (Å²) < 4.78 is 2.09. The van der Waals surface area contributed by atoms with Crippen LogP contribution < -0.4 is 0 Å². The Morgan fingerprint density at radius 1 is 0.968 bits per heavy atom. The molecule has 0 aliphatic rings. The van der Waals surface area contributed by atoms with E-state index in [0.717, 1.165) is 34.2 Å². The minimum atomic E-state index is -0.817. The van der Waals surface area contributed by atoms with Crippen LogP contribution in [0.15, 0.2) is 48.7 Å². The topological polar surface area (TPSA) is 130 Å². The van der Waals surface area contributed by atoms with Crippen molar-refractivity contribution in [2.24, 2.45) is 0 Å². The first-order chi connectivity index (χ1) is 14.7. The summed E-state index contributed by atoms with van der Waals surface area (Å²) in [6.07, 6.45) is 3.03. The van der Waals surface area contributed by atoms with Crippen molar-refractivity contribution in [1.29, 1.82) is 0 Å². The van der Waals surface area contributed by atoms with Crippen LogP contribution in [0.1, 0.15) is 16.1 Å². The molecule has 0 N–H and O–H groups in total. The largest absolute Gasteiger partial charge is 0.618 e. The highest BCUT2D eigenvalue weighted by Crippen LogP contribution is 2.32. The Hall–Kier alpha value is -4.12. The number of nitro benzene ring substituents is 2. The number of nitro groups is 2. The second kappa shape index (κ2) is 7.61. The van der Waals surface area contributed by atoms with Crippen molar-refractivity contribution in [2.75, 3.05) is 0 Å². The van der Waals surface area contributed by atoms with E-state index in [9.17, 15) is 25.4 Å². The molecule has 31 heavy (non-hydrogen) atoms. The van der Waals surface area contributed by atoms with E-state index in [-0.39, 0.29) is 5.69 Å². The van der Waals surface area contributed by atoms with Crippen molar-refractivity contribution in [1.82, 2.24) is 9.38 Å². The van der Waals surface area contributed by atoms with Gasteiger partial charge in [0.2, 0.25) is 6.21 Å². The summed E-state index contributed by atoms with van der Waals surface area (Å²) in [6, 6.07) is 10.5. The molecule has 2 aromatic carbocycles. The monoisotopic (exact) mass is 437 g/mol. The lowest BCUT2D eigenvalue weighted by Crippen LogP contribution is -2.05. The van der Waals surface area contributed by atoms with Gasteiger partial charge in [-0.25, -0.2) is 4.98 Å². The van der Waals surface area contributed by atoms with Gasteiger partial charge in [0.15, 0.2) is 4.96 Å². The predicted octanol–water partition coefficient (Wildman–Crippen LogP) is 4.76. The fourth-order valence-electron chi connectivity index (χ4n) is 3.16. The molecule has 0 unspecified atom stereocenters. The van der Waals surface area contributed by atoms with Crippen LogP contribution in [-0.2, 0) is 0 Å². The summed E-state index contributed by atoms with van der Waals surface area (Å²) in [5.41, 5.74) is 1.42. The quantitative estimate of drug-likeness (QED) is 0.145. The number of aromatic nitrogens is 2. The molecule has 0 aliphatic heterocycles. The SMILES string of the molecule is Cc1ccc(-c2nc3sc(C)cn3c2/C=[N+](/[O-])c2ccc([N+](=O)[O-])cc2[N+](=O)[O-])cc1. The Bertz CT molecular complexity index is 1370. The highest BCUT2D eigenvalue weighted by Gasteiger charge is 2.26. The summed E-state index contributed by atoms with van der Waals surface area (Å²) in [5.74, 6) is 0. The van der Waals surface area contributed by atoms with Crippen LogP contribution in [0.4, 0.5) is 17.1 Å². The zero-order valence-corrected chi connectivity index (χ0v) is 17.2. The number of rotatable bonds is 5. The summed E-state index contributed by atoms with van der Waals surface area (Å²) in [7, 11) is 0. The van der Waals surface area contributed by atoms with E-state index >= 15 is 0 Å². The third-order valence-electron chi connectivity index (χ3n) is 4.65. The second-order valence-corrected chi connectivity index (χ2v) is 8.06. The number of fused-ring (bicyclic) bond motifs is 1. The van der Waals surface area contributed by atoms with Crippen LogP contribution in [0.25, 0.3) is 16.2 Å².